The van der Waals surface area contributed by atoms with Crippen LogP contribution in [0.5, 0.6) is 0 Å². The van der Waals surface area contributed by atoms with Crippen molar-refractivity contribution >= 4 is 48.7 Å². The fourth-order valence-corrected chi connectivity index (χ4v) is 1.86. The molecule has 0 aliphatic heterocycles. The average Bonchev–Trinajstić information content (AvgIpc) is 1.96. The largest absolute Gasteiger partial charge is 0.276 e. The summed E-state index contributed by atoms with van der Waals surface area (Å²) in [5, 5.41) is -0.430. The van der Waals surface area contributed by atoms with Crippen LogP contribution in [-0.2, 0) is 0 Å². The van der Waals surface area contributed by atoms with Gasteiger partial charge in [-0.05, 0) is 68.1 Å². The molecule has 0 saturated carbocycles. The molecule has 0 atom stereocenters. The Balaban J connectivity index is 3.33. The highest BCUT2D eigenvalue weighted by molar-refractivity contribution is 9.13. The lowest BCUT2D eigenvalue weighted by atomic mass is 10.1. The first-order valence-electron chi connectivity index (χ1n) is 3.18. The van der Waals surface area contributed by atoms with Crippen molar-refractivity contribution in [1.82, 2.24) is 0 Å². The maximum Gasteiger partial charge on any atom is 0.252 e. The van der Waals surface area contributed by atoms with Gasteiger partial charge in [0.25, 0.3) is 5.24 Å². The van der Waals surface area contributed by atoms with Gasteiger partial charge in [-0.2, -0.15) is 0 Å². The van der Waals surface area contributed by atoms with E-state index >= 15 is 0 Å². The number of halogens is 3. The zero-order chi connectivity index (χ0) is 9.30. The highest BCUT2D eigenvalue weighted by atomic mass is 79.9. The third-order valence-electron chi connectivity index (χ3n) is 1.48. The SMILES string of the molecule is Cc1cc(Br)c(Br)cc1C(=O)Cl. The van der Waals surface area contributed by atoms with E-state index < -0.39 is 5.24 Å². The van der Waals surface area contributed by atoms with Gasteiger partial charge in [0, 0.05) is 14.5 Å². The zero-order valence-electron chi connectivity index (χ0n) is 6.20. The summed E-state index contributed by atoms with van der Waals surface area (Å²) in [4.78, 5) is 10.9. The minimum Gasteiger partial charge on any atom is -0.276 e. The van der Waals surface area contributed by atoms with Gasteiger partial charge in [0.1, 0.15) is 0 Å². The highest BCUT2D eigenvalue weighted by Crippen LogP contribution is 2.27. The second-order valence-corrected chi connectivity index (χ2v) is 4.41. The van der Waals surface area contributed by atoms with Crippen LogP contribution in [0.2, 0.25) is 0 Å². The van der Waals surface area contributed by atoms with Gasteiger partial charge in [-0.15, -0.1) is 0 Å². The molecule has 0 unspecified atom stereocenters. The molecule has 0 aromatic heterocycles. The number of rotatable bonds is 1. The lowest BCUT2D eigenvalue weighted by Crippen LogP contribution is -1.93. The van der Waals surface area contributed by atoms with Crippen LogP contribution in [0.15, 0.2) is 21.1 Å². The number of benzene rings is 1. The van der Waals surface area contributed by atoms with Crippen molar-refractivity contribution in [3.63, 3.8) is 0 Å². The predicted molar refractivity (Wildman–Crippen MR) is 56.8 cm³/mol. The quantitative estimate of drug-likeness (QED) is 0.719. The molecule has 0 radical (unpaired) electrons. The van der Waals surface area contributed by atoms with Gasteiger partial charge in [0.05, 0.1) is 0 Å². The van der Waals surface area contributed by atoms with Gasteiger partial charge in [-0.3, -0.25) is 4.79 Å². The van der Waals surface area contributed by atoms with Crippen LogP contribution in [0.1, 0.15) is 15.9 Å². The van der Waals surface area contributed by atoms with Crippen molar-refractivity contribution in [2.24, 2.45) is 0 Å². The van der Waals surface area contributed by atoms with Crippen LogP contribution < -0.4 is 0 Å². The van der Waals surface area contributed by atoms with Crippen LogP contribution in [0.25, 0.3) is 0 Å². The van der Waals surface area contributed by atoms with E-state index in [0.717, 1.165) is 14.5 Å². The molecule has 1 nitrogen and oxygen atoms in total. The maximum atomic E-state index is 10.9. The lowest BCUT2D eigenvalue weighted by Gasteiger charge is -2.02. The average molecular weight is 312 g/mol. The van der Waals surface area contributed by atoms with Crippen LogP contribution in [0.4, 0.5) is 0 Å². The molecule has 0 bridgehead atoms. The Hall–Kier alpha value is 0.140. The topological polar surface area (TPSA) is 17.1 Å². The molecule has 12 heavy (non-hydrogen) atoms. The van der Waals surface area contributed by atoms with Crippen molar-refractivity contribution in [3.05, 3.63) is 32.2 Å². The summed E-state index contributed by atoms with van der Waals surface area (Å²) in [6, 6.07) is 3.55. The smallest absolute Gasteiger partial charge is 0.252 e. The van der Waals surface area contributed by atoms with Gasteiger partial charge >= 0.3 is 0 Å². The molecule has 64 valence electrons. The van der Waals surface area contributed by atoms with Gasteiger partial charge < -0.3 is 0 Å². The summed E-state index contributed by atoms with van der Waals surface area (Å²) < 4.78 is 1.75. The van der Waals surface area contributed by atoms with Crippen LogP contribution in [-0.4, -0.2) is 5.24 Å². The third-order valence-corrected chi connectivity index (χ3v) is 3.53. The second kappa shape index (κ2) is 3.90. The molecule has 0 saturated heterocycles. The summed E-state index contributed by atoms with van der Waals surface area (Å²) in [7, 11) is 0. The fourth-order valence-electron chi connectivity index (χ4n) is 0.858. The van der Waals surface area contributed by atoms with Crippen molar-refractivity contribution in [3.8, 4) is 0 Å². The Bertz CT molecular complexity index is 336. The number of carbonyl (C=O) groups is 1. The molecule has 0 aliphatic rings. The first-order chi connectivity index (χ1) is 5.52. The molecule has 0 spiro atoms. The van der Waals surface area contributed by atoms with Crippen molar-refractivity contribution in [2.75, 3.05) is 0 Å². The van der Waals surface area contributed by atoms with Gasteiger partial charge in [0.2, 0.25) is 0 Å². The summed E-state index contributed by atoms with van der Waals surface area (Å²) >= 11 is 12.0. The summed E-state index contributed by atoms with van der Waals surface area (Å²) in [6.07, 6.45) is 0. The number of carbonyl (C=O) groups excluding carboxylic acids is 1. The number of aryl methyl sites for hydroxylation is 1. The van der Waals surface area contributed by atoms with Gasteiger partial charge in [-0.1, -0.05) is 0 Å². The Kier molecular flexibility index (Phi) is 3.32. The lowest BCUT2D eigenvalue weighted by molar-refractivity contribution is 0.108. The molecular weight excluding hydrogens is 307 g/mol. The molecule has 4 heteroatoms. The maximum absolute atomic E-state index is 10.9. The standard InChI is InChI=1S/C8H5Br2ClO/c1-4-2-6(9)7(10)3-5(4)8(11)12/h2-3H,1H3. The summed E-state index contributed by atoms with van der Waals surface area (Å²) in [6.45, 7) is 1.84. The van der Waals surface area contributed by atoms with Gasteiger partial charge in [0.15, 0.2) is 0 Å². The van der Waals surface area contributed by atoms with E-state index in [1.165, 1.54) is 0 Å². The van der Waals surface area contributed by atoms with Crippen LogP contribution in [0.3, 0.4) is 0 Å². The first kappa shape index (κ1) is 10.2. The predicted octanol–water partition coefficient (Wildman–Crippen LogP) is 3.90. The molecule has 1 aromatic rings. The molecule has 1 rings (SSSR count). The third kappa shape index (κ3) is 2.09. The van der Waals surface area contributed by atoms with Gasteiger partial charge in [-0.25, -0.2) is 0 Å². The molecule has 0 fully saturated rings. The van der Waals surface area contributed by atoms with Crippen LogP contribution in [0, 0.1) is 6.92 Å². The molecule has 1 aromatic carbocycles. The van der Waals surface area contributed by atoms with Crippen molar-refractivity contribution in [1.29, 1.82) is 0 Å². The molecule has 0 aliphatic carbocycles. The highest BCUT2D eigenvalue weighted by Gasteiger charge is 2.08. The summed E-state index contributed by atoms with van der Waals surface area (Å²) in [5.74, 6) is 0. The minimum absolute atomic E-state index is 0.430. The Morgan fingerprint density at radius 2 is 1.83 bits per heavy atom. The van der Waals surface area contributed by atoms with Crippen molar-refractivity contribution < 1.29 is 4.79 Å². The van der Waals surface area contributed by atoms with E-state index in [1.54, 1.807) is 6.07 Å². The first-order valence-corrected chi connectivity index (χ1v) is 5.14. The minimum atomic E-state index is -0.430. The normalized spacial score (nSPS) is 10.0. The Morgan fingerprint density at radius 3 is 2.33 bits per heavy atom. The molecule has 0 N–H and O–H groups in total. The Morgan fingerprint density at radius 1 is 1.33 bits per heavy atom. The van der Waals surface area contributed by atoms with E-state index in [1.807, 2.05) is 13.0 Å². The fraction of sp³-hybridized carbons (Fsp3) is 0.125. The molecule has 0 heterocycles. The van der Waals surface area contributed by atoms with E-state index in [2.05, 4.69) is 31.9 Å². The van der Waals surface area contributed by atoms with Crippen molar-refractivity contribution in [2.45, 2.75) is 6.92 Å². The zero-order valence-corrected chi connectivity index (χ0v) is 10.1. The monoisotopic (exact) mass is 310 g/mol. The van der Waals surface area contributed by atoms with E-state index in [0.29, 0.717) is 5.56 Å². The van der Waals surface area contributed by atoms with Crippen LogP contribution >= 0.6 is 43.5 Å². The van der Waals surface area contributed by atoms with E-state index in [4.69, 9.17) is 11.6 Å². The second-order valence-electron chi connectivity index (χ2n) is 2.35. The molecular formula is C8H5Br2ClO. The van der Waals surface area contributed by atoms with E-state index in [9.17, 15) is 4.79 Å². The number of hydrogen-bond donors (Lipinski definition) is 0. The summed E-state index contributed by atoms with van der Waals surface area (Å²) in [5.41, 5.74) is 1.40. The number of hydrogen-bond acceptors (Lipinski definition) is 1. The Labute approximate surface area is 92.4 Å². The van der Waals surface area contributed by atoms with E-state index in [-0.39, 0.29) is 0 Å². The molecule has 0 amide bonds.